The molecule has 3 rings (SSSR count). The van der Waals surface area contributed by atoms with Gasteiger partial charge >= 0.3 is 0 Å². The van der Waals surface area contributed by atoms with Gasteiger partial charge in [0.05, 0.1) is 4.90 Å². The lowest BCUT2D eigenvalue weighted by molar-refractivity contribution is 0.267. The molecule has 1 N–H and O–H groups in total. The Bertz CT molecular complexity index is 1020. The van der Waals surface area contributed by atoms with Crippen LogP contribution < -0.4 is 4.72 Å². The van der Waals surface area contributed by atoms with E-state index >= 15 is 0 Å². The van der Waals surface area contributed by atoms with Crippen molar-refractivity contribution in [2.45, 2.75) is 17.7 Å². The number of nitrogens with zero attached hydrogens (tertiary/aromatic N) is 1. The van der Waals surface area contributed by atoms with Gasteiger partial charge in [-0.2, -0.15) is 4.31 Å². The predicted octanol–water partition coefficient (Wildman–Crippen LogP) is 2.82. The molecule has 2 aromatic rings. The molecule has 0 spiro atoms. The standard InChI is InChI=1S/C20H24N2O4S2/c1-2-27(23,24)21-15-17-7-6-14-22(16-17)28(25,26)20-12-10-19(11-13-20)18-8-4-3-5-9-18/h2-5,8-13,17,21H,1,6-7,14-16H2. The zero-order chi connectivity index (χ0) is 20.2. The van der Waals surface area contributed by atoms with E-state index in [0.717, 1.165) is 23.0 Å². The quantitative estimate of drug-likeness (QED) is 0.747. The van der Waals surface area contributed by atoms with Crippen LogP contribution in [0.3, 0.4) is 0 Å². The molecule has 1 heterocycles. The minimum atomic E-state index is -3.62. The summed E-state index contributed by atoms with van der Waals surface area (Å²) in [5.74, 6) is -0.0677. The van der Waals surface area contributed by atoms with Crippen molar-refractivity contribution >= 4 is 20.0 Å². The molecule has 1 aliphatic rings. The van der Waals surface area contributed by atoms with Crippen molar-refractivity contribution in [1.29, 1.82) is 0 Å². The van der Waals surface area contributed by atoms with Crippen LogP contribution in [0.15, 0.2) is 71.5 Å². The summed E-state index contributed by atoms with van der Waals surface area (Å²) in [5.41, 5.74) is 1.98. The maximum Gasteiger partial charge on any atom is 0.243 e. The van der Waals surface area contributed by atoms with Crippen LogP contribution in [0.4, 0.5) is 0 Å². The maximum atomic E-state index is 13.0. The van der Waals surface area contributed by atoms with E-state index < -0.39 is 20.0 Å². The molecular weight excluding hydrogens is 396 g/mol. The Morgan fingerprint density at radius 3 is 2.29 bits per heavy atom. The van der Waals surface area contributed by atoms with Gasteiger partial charge < -0.3 is 0 Å². The van der Waals surface area contributed by atoms with Crippen LogP contribution in [0, 0.1) is 5.92 Å². The highest BCUT2D eigenvalue weighted by Crippen LogP contribution is 2.26. The fourth-order valence-corrected chi connectivity index (χ4v) is 5.44. The largest absolute Gasteiger partial charge is 0.243 e. The van der Waals surface area contributed by atoms with Crippen molar-refractivity contribution in [2.75, 3.05) is 19.6 Å². The Balaban J connectivity index is 1.72. The third-order valence-corrected chi connectivity index (χ3v) is 7.76. The van der Waals surface area contributed by atoms with Gasteiger partial charge in [-0.25, -0.2) is 21.6 Å². The van der Waals surface area contributed by atoms with E-state index in [1.165, 1.54) is 4.31 Å². The average molecular weight is 421 g/mol. The predicted molar refractivity (Wildman–Crippen MR) is 110 cm³/mol. The second-order valence-corrected chi connectivity index (χ2v) is 10.5. The van der Waals surface area contributed by atoms with Gasteiger partial charge in [0.2, 0.25) is 20.0 Å². The molecule has 0 radical (unpaired) electrons. The van der Waals surface area contributed by atoms with E-state index in [1.807, 2.05) is 42.5 Å². The number of sulfonamides is 2. The molecule has 0 bridgehead atoms. The molecule has 2 aromatic carbocycles. The Morgan fingerprint density at radius 1 is 1.00 bits per heavy atom. The topological polar surface area (TPSA) is 83.6 Å². The van der Waals surface area contributed by atoms with Gasteiger partial charge in [0, 0.05) is 25.0 Å². The van der Waals surface area contributed by atoms with E-state index in [4.69, 9.17) is 0 Å². The highest BCUT2D eigenvalue weighted by atomic mass is 32.2. The molecule has 0 aromatic heterocycles. The summed E-state index contributed by atoms with van der Waals surface area (Å²) in [4.78, 5) is 0.250. The molecule has 1 saturated heterocycles. The van der Waals surface area contributed by atoms with Gasteiger partial charge in [-0.15, -0.1) is 0 Å². The molecule has 1 atom stereocenters. The monoisotopic (exact) mass is 420 g/mol. The Hall–Kier alpha value is -2.00. The molecule has 8 heteroatoms. The molecule has 150 valence electrons. The fourth-order valence-electron chi connectivity index (χ4n) is 3.30. The van der Waals surface area contributed by atoms with E-state index in [0.29, 0.717) is 19.5 Å². The van der Waals surface area contributed by atoms with Crippen LogP contribution in [-0.2, 0) is 20.0 Å². The smallest absolute Gasteiger partial charge is 0.211 e. The molecule has 0 amide bonds. The molecule has 1 unspecified atom stereocenters. The summed E-state index contributed by atoms with van der Waals surface area (Å²) in [6, 6.07) is 16.6. The van der Waals surface area contributed by atoms with Crippen LogP contribution in [0.25, 0.3) is 11.1 Å². The van der Waals surface area contributed by atoms with E-state index in [1.54, 1.807) is 12.1 Å². The summed E-state index contributed by atoms with van der Waals surface area (Å²) in [6.07, 6.45) is 1.47. The normalized spacial score (nSPS) is 18.6. The lowest BCUT2D eigenvalue weighted by atomic mass is 10.0. The first-order valence-corrected chi connectivity index (χ1v) is 12.1. The maximum absolute atomic E-state index is 13.0. The number of piperidine rings is 1. The molecule has 0 aliphatic carbocycles. The highest BCUT2D eigenvalue weighted by Gasteiger charge is 2.30. The second kappa shape index (κ2) is 8.57. The summed E-state index contributed by atoms with van der Waals surface area (Å²) < 4.78 is 53.0. The SMILES string of the molecule is C=CS(=O)(=O)NCC1CCCN(S(=O)(=O)c2ccc(-c3ccccc3)cc2)C1. The second-order valence-electron chi connectivity index (χ2n) is 6.82. The van der Waals surface area contributed by atoms with Crippen LogP contribution >= 0.6 is 0 Å². The molecule has 0 saturated carbocycles. The van der Waals surface area contributed by atoms with Gasteiger partial charge in [0.15, 0.2) is 0 Å². The molecule has 1 fully saturated rings. The van der Waals surface area contributed by atoms with Gasteiger partial charge in [-0.3, -0.25) is 0 Å². The van der Waals surface area contributed by atoms with Crippen molar-refractivity contribution in [1.82, 2.24) is 9.03 Å². The minimum absolute atomic E-state index is 0.0677. The third kappa shape index (κ3) is 4.88. The van der Waals surface area contributed by atoms with Gasteiger partial charge in [0.25, 0.3) is 0 Å². The van der Waals surface area contributed by atoms with Gasteiger partial charge in [0.1, 0.15) is 0 Å². The zero-order valence-corrected chi connectivity index (χ0v) is 17.1. The summed E-state index contributed by atoms with van der Waals surface area (Å²) in [5, 5.41) is 0.860. The Kier molecular flexibility index (Phi) is 6.34. The lowest BCUT2D eigenvalue weighted by Gasteiger charge is -2.32. The number of benzene rings is 2. The first kappa shape index (κ1) is 20.7. The fraction of sp³-hybridized carbons (Fsp3) is 0.300. The van der Waals surface area contributed by atoms with Crippen molar-refractivity contribution in [3.8, 4) is 11.1 Å². The van der Waals surface area contributed by atoms with Crippen LogP contribution in [0.5, 0.6) is 0 Å². The van der Waals surface area contributed by atoms with E-state index in [-0.39, 0.29) is 17.4 Å². The number of hydrogen-bond donors (Lipinski definition) is 1. The first-order valence-electron chi connectivity index (χ1n) is 9.09. The first-order chi connectivity index (χ1) is 13.3. The van der Waals surface area contributed by atoms with Gasteiger partial charge in [-0.1, -0.05) is 49.0 Å². The van der Waals surface area contributed by atoms with E-state index in [9.17, 15) is 16.8 Å². The van der Waals surface area contributed by atoms with Crippen molar-refractivity contribution < 1.29 is 16.8 Å². The lowest BCUT2D eigenvalue weighted by Crippen LogP contribution is -2.43. The number of hydrogen-bond acceptors (Lipinski definition) is 4. The van der Waals surface area contributed by atoms with Crippen LogP contribution in [0.2, 0.25) is 0 Å². The Morgan fingerprint density at radius 2 is 1.64 bits per heavy atom. The van der Waals surface area contributed by atoms with Crippen LogP contribution in [0.1, 0.15) is 12.8 Å². The summed E-state index contributed by atoms with van der Waals surface area (Å²) in [7, 11) is -7.13. The molecule has 6 nitrogen and oxygen atoms in total. The summed E-state index contributed by atoms with van der Waals surface area (Å²) in [6.45, 7) is 4.20. The minimum Gasteiger partial charge on any atom is -0.211 e. The summed E-state index contributed by atoms with van der Waals surface area (Å²) >= 11 is 0. The zero-order valence-electron chi connectivity index (χ0n) is 15.5. The number of rotatable bonds is 7. The molecule has 1 aliphatic heterocycles. The van der Waals surface area contributed by atoms with Crippen molar-refractivity contribution in [3.63, 3.8) is 0 Å². The highest BCUT2D eigenvalue weighted by molar-refractivity contribution is 7.92. The molecular formula is C20H24N2O4S2. The molecule has 28 heavy (non-hydrogen) atoms. The average Bonchev–Trinajstić information content (AvgIpc) is 2.73. The number of nitrogens with one attached hydrogen (secondary N) is 1. The van der Waals surface area contributed by atoms with Crippen molar-refractivity contribution in [2.24, 2.45) is 5.92 Å². The van der Waals surface area contributed by atoms with Gasteiger partial charge in [-0.05, 0) is 42.0 Å². The van der Waals surface area contributed by atoms with Crippen LogP contribution in [-0.4, -0.2) is 40.8 Å². The van der Waals surface area contributed by atoms with E-state index in [2.05, 4.69) is 11.3 Å². The van der Waals surface area contributed by atoms with Crippen molar-refractivity contribution in [3.05, 3.63) is 66.6 Å². The third-order valence-electron chi connectivity index (χ3n) is 4.87. The Labute approximate surface area is 167 Å².